The molecule has 0 radical (unpaired) electrons. The molecule has 0 spiro atoms. The molecule has 4 rings (SSSR count). The van der Waals surface area contributed by atoms with Gasteiger partial charge in [-0.3, -0.25) is 9.59 Å². The minimum atomic E-state index is -3.76. The van der Waals surface area contributed by atoms with Crippen LogP contribution in [0.1, 0.15) is 15.9 Å². The third-order valence-corrected chi connectivity index (χ3v) is 6.77. The van der Waals surface area contributed by atoms with Crippen molar-refractivity contribution in [2.45, 2.75) is 23.4 Å². The van der Waals surface area contributed by atoms with Crippen LogP contribution in [0.25, 0.3) is 0 Å². The summed E-state index contributed by atoms with van der Waals surface area (Å²) in [4.78, 5) is 29.7. The highest BCUT2D eigenvalue weighted by Crippen LogP contribution is 2.14. The summed E-state index contributed by atoms with van der Waals surface area (Å²) in [6.45, 7) is 0.625. The van der Waals surface area contributed by atoms with E-state index in [4.69, 9.17) is 4.74 Å². The van der Waals surface area contributed by atoms with Gasteiger partial charge in [-0.05, 0) is 42.0 Å². The van der Waals surface area contributed by atoms with Gasteiger partial charge in [-0.25, -0.2) is 22.5 Å². The summed E-state index contributed by atoms with van der Waals surface area (Å²) in [7, 11) is -3.76. The maximum atomic E-state index is 13.2. The summed E-state index contributed by atoms with van der Waals surface area (Å²) in [5.74, 6) is -1.44. The zero-order valence-corrected chi connectivity index (χ0v) is 19.3. The lowest BCUT2D eigenvalue weighted by atomic mass is 10.0. The maximum Gasteiger partial charge on any atom is 0.251 e. The summed E-state index contributed by atoms with van der Waals surface area (Å²) in [6, 6.07) is 15.5. The predicted octanol–water partition coefficient (Wildman–Crippen LogP) is 1.88. The molecule has 11 heteroatoms. The number of nitrogens with zero attached hydrogens (tertiary/aromatic N) is 1. The number of aromatic nitrogens is 1. The highest BCUT2D eigenvalue weighted by atomic mass is 32.2. The number of sulfonamides is 1. The van der Waals surface area contributed by atoms with E-state index in [0.717, 1.165) is 23.9 Å². The Morgan fingerprint density at radius 3 is 2.34 bits per heavy atom. The minimum absolute atomic E-state index is 0.0483. The van der Waals surface area contributed by atoms with Gasteiger partial charge in [0.25, 0.3) is 5.91 Å². The number of pyridine rings is 1. The van der Waals surface area contributed by atoms with Crippen molar-refractivity contribution in [2.24, 2.45) is 0 Å². The Morgan fingerprint density at radius 2 is 1.74 bits per heavy atom. The van der Waals surface area contributed by atoms with Crippen molar-refractivity contribution in [3.63, 3.8) is 0 Å². The first-order valence-corrected chi connectivity index (χ1v) is 12.3. The Kier molecular flexibility index (Phi) is 7.49. The van der Waals surface area contributed by atoms with E-state index in [1.807, 2.05) is 30.3 Å². The van der Waals surface area contributed by atoms with Gasteiger partial charge < -0.3 is 15.4 Å². The van der Waals surface area contributed by atoms with Gasteiger partial charge in [-0.15, -0.1) is 0 Å². The highest BCUT2D eigenvalue weighted by Gasteiger charge is 2.26. The number of rotatable bonds is 9. The van der Waals surface area contributed by atoms with Crippen LogP contribution in [0.2, 0.25) is 0 Å². The number of nitrogens with one attached hydrogen (secondary N) is 3. The second-order valence-corrected chi connectivity index (χ2v) is 9.66. The standard InChI is InChI=1S/C24H23FN4O5S/c25-18-8-6-17(7-9-18)23(30)27-21(12-16-4-2-1-3-5-16)24(31)28-22-11-10-20(13-26-22)35(32,33)29-19-14-34-15-19/h1-11,13,19,21,29H,12,14-15H2,(H,27,30)(H,26,28,31)/t21-/m0/s1. The lowest BCUT2D eigenvalue weighted by Gasteiger charge is -2.26. The van der Waals surface area contributed by atoms with Crippen molar-refractivity contribution in [3.05, 3.63) is 89.9 Å². The monoisotopic (exact) mass is 498 g/mol. The maximum absolute atomic E-state index is 13.2. The first-order chi connectivity index (χ1) is 16.8. The molecule has 0 bridgehead atoms. The quantitative estimate of drug-likeness (QED) is 0.414. The molecule has 182 valence electrons. The number of hydrogen-bond acceptors (Lipinski definition) is 6. The second kappa shape index (κ2) is 10.7. The molecule has 0 aliphatic carbocycles. The van der Waals surface area contributed by atoms with Crippen LogP contribution < -0.4 is 15.4 Å². The Hall–Kier alpha value is -3.67. The van der Waals surface area contributed by atoms with E-state index in [2.05, 4.69) is 20.3 Å². The van der Waals surface area contributed by atoms with E-state index in [0.29, 0.717) is 13.2 Å². The number of benzene rings is 2. The van der Waals surface area contributed by atoms with Gasteiger partial charge >= 0.3 is 0 Å². The molecule has 0 saturated carbocycles. The fourth-order valence-electron chi connectivity index (χ4n) is 3.32. The molecule has 3 aromatic rings. The van der Waals surface area contributed by atoms with Crippen molar-refractivity contribution < 1.29 is 27.1 Å². The molecule has 35 heavy (non-hydrogen) atoms. The van der Waals surface area contributed by atoms with Crippen LogP contribution in [-0.4, -0.2) is 50.5 Å². The third-order valence-electron chi connectivity index (χ3n) is 5.27. The number of carbonyl (C=O) groups is 2. The van der Waals surface area contributed by atoms with Crippen LogP contribution in [0, 0.1) is 5.82 Å². The summed E-state index contributed by atoms with van der Waals surface area (Å²) in [6.07, 6.45) is 1.33. The number of carbonyl (C=O) groups excluding carboxylic acids is 2. The Morgan fingerprint density at radius 1 is 1.03 bits per heavy atom. The van der Waals surface area contributed by atoms with Crippen LogP contribution in [0.4, 0.5) is 10.2 Å². The van der Waals surface area contributed by atoms with E-state index in [-0.39, 0.29) is 28.7 Å². The van der Waals surface area contributed by atoms with E-state index in [1.54, 1.807) is 0 Å². The second-order valence-electron chi connectivity index (χ2n) is 7.95. The van der Waals surface area contributed by atoms with Crippen LogP contribution >= 0.6 is 0 Å². The van der Waals surface area contributed by atoms with E-state index in [9.17, 15) is 22.4 Å². The molecule has 1 aliphatic heterocycles. The number of ether oxygens (including phenoxy) is 1. The molecule has 1 saturated heterocycles. The molecular weight excluding hydrogens is 475 g/mol. The average Bonchev–Trinajstić information content (AvgIpc) is 2.82. The van der Waals surface area contributed by atoms with Gasteiger partial charge in [-0.1, -0.05) is 30.3 Å². The number of amides is 2. The summed E-state index contributed by atoms with van der Waals surface area (Å²) < 4.78 is 45.5. The fraction of sp³-hybridized carbons (Fsp3) is 0.208. The normalized spacial score (nSPS) is 14.5. The SMILES string of the molecule is O=C(N[C@@H](Cc1ccccc1)C(=O)Nc1ccc(S(=O)(=O)NC2COC2)cn1)c1ccc(F)cc1. The lowest BCUT2D eigenvalue weighted by molar-refractivity contribution is -0.118. The summed E-state index contributed by atoms with van der Waals surface area (Å²) >= 11 is 0. The van der Waals surface area contributed by atoms with Gasteiger partial charge in [0.15, 0.2) is 0 Å². The minimum Gasteiger partial charge on any atom is -0.378 e. The smallest absolute Gasteiger partial charge is 0.251 e. The van der Waals surface area contributed by atoms with E-state index < -0.39 is 33.7 Å². The summed E-state index contributed by atoms with van der Waals surface area (Å²) in [5.41, 5.74) is 1.02. The van der Waals surface area contributed by atoms with Crippen LogP contribution in [0.5, 0.6) is 0 Å². The van der Waals surface area contributed by atoms with Crippen molar-refractivity contribution in [1.29, 1.82) is 0 Å². The van der Waals surface area contributed by atoms with Crippen LogP contribution in [0.3, 0.4) is 0 Å². The number of hydrogen-bond donors (Lipinski definition) is 3. The molecule has 0 unspecified atom stereocenters. The molecule has 3 N–H and O–H groups in total. The van der Waals surface area contributed by atoms with E-state index >= 15 is 0 Å². The number of halogens is 1. The van der Waals surface area contributed by atoms with Gasteiger partial charge in [0.05, 0.1) is 19.3 Å². The zero-order chi connectivity index (χ0) is 24.8. The number of anilines is 1. The predicted molar refractivity (Wildman–Crippen MR) is 126 cm³/mol. The fourth-order valence-corrected chi connectivity index (χ4v) is 4.47. The first kappa shape index (κ1) is 24.5. The summed E-state index contributed by atoms with van der Waals surface area (Å²) in [5, 5.41) is 5.28. The Balaban J connectivity index is 1.47. The highest BCUT2D eigenvalue weighted by molar-refractivity contribution is 7.89. The molecule has 2 heterocycles. The topological polar surface area (TPSA) is 126 Å². The van der Waals surface area contributed by atoms with Crippen molar-refractivity contribution in [3.8, 4) is 0 Å². The Bertz CT molecular complexity index is 1280. The first-order valence-electron chi connectivity index (χ1n) is 10.8. The Labute approximate surface area is 201 Å². The lowest BCUT2D eigenvalue weighted by Crippen LogP contribution is -2.48. The molecule has 1 aromatic heterocycles. The van der Waals surface area contributed by atoms with Gasteiger partial charge in [0, 0.05) is 18.2 Å². The molecular formula is C24H23FN4O5S. The molecule has 1 fully saturated rings. The van der Waals surface area contributed by atoms with Crippen molar-refractivity contribution in [1.82, 2.24) is 15.0 Å². The van der Waals surface area contributed by atoms with Gasteiger partial charge in [-0.2, -0.15) is 0 Å². The molecule has 2 aromatic carbocycles. The average molecular weight is 499 g/mol. The van der Waals surface area contributed by atoms with Crippen LogP contribution in [0.15, 0.2) is 77.8 Å². The molecule has 2 amide bonds. The largest absolute Gasteiger partial charge is 0.378 e. The van der Waals surface area contributed by atoms with Gasteiger partial charge in [0.2, 0.25) is 15.9 Å². The van der Waals surface area contributed by atoms with Crippen LogP contribution in [-0.2, 0) is 26.0 Å². The van der Waals surface area contributed by atoms with Crippen molar-refractivity contribution >= 4 is 27.7 Å². The van der Waals surface area contributed by atoms with Gasteiger partial charge in [0.1, 0.15) is 22.6 Å². The zero-order valence-electron chi connectivity index (χ0n) is 18.5. The third kappa shape index (κ3) is 6.47. The van der Waals surface area contributed by atoms with E-state index in [1.165, 1.54) is 24.3 Å². The molecule has 1 aliphatic rings. The molecule has 9 nitrogen and oxygen atoms in total. The molecule has 1 atom stereocenters. The van der Waals surface area contributed by atoms with Crippen molar-refractivity contribution in [2.75, 3.05) is 18.5 Å².